The third-order valence-electron chi connectivity index (χ3n) is 4.37. The molecule has 0 atom stereocenters. The number of methoxy groups -OCH3 is 1. The van der Waals surface area contributed by atoms with Gasteiger partial charge in [-0.25, -0.2) is 9.50 Å². The molecule has 4 rings (SSSR count). The Balaban J connectivity index is 1.70. The molecule has 0 saturated carbocycles. The van der Waals surface area contributed by atoms with Crippen LogP contribution in [0.3, 0.4) is 0 Å². The summed E-state index contributed by atoms with van der Waals surface area (Å²) in [6.45, 7) is 0.707. The number of halogens is 1. The summed E-state index contributed by atoms with van der Waals surface area (Å²) in [6.07, 6.45) is 2.20. The van der Waals surface area contributed by atoms with Crippen molar-refractivity contribution in [1.29, 1.82) is 0 Å². The Kier molecular flexibility index (Phi) is 3.73. The summed E-state index contributed by atoms with van der Waals surface area (Å²) in [5, 5.41) is 3.34. The van der Waals surface area contributed by atoms with Gasteiger partial charge in [-0.05, 0) is 18.2 Å². The van der Waals surface area contributed by atoms with E-state index in [0.717, 1.165) is 5.69 Å². The van der Waals surface area contributed by atoms with Crippen molar-refractivity contribution >= 4 is 23.2 Å². The van der Waals surface area contributed by atoms with Crippen molar-refractivity contribution in [3.63, 3.8) is 0 Å². The zero-order chi connectivity index (χ0) is 17.6. The van der Waals surface area contributed by atoms with Gasteiger partial charge in [-0.1, -0.05) is 11.6 Å². The molecule has 1 N–H and O–H groups in total. The predicted molar refractivity (Wildman–Crippen MR) is 92.3 cm³/mol. The van der Waals surface area contributed by atoms with Crippen LogP contribution in [0.15, 0.2) is 35.3 Å². The van der Waals surface area contributed by atoms with Crippen LogP contribution in [0, 0.1) is 0 Å². The van der Waals surface area contributed by atoms with Crippen molar-refractivity contribution in [1.82, 2.24) is 19.5 Å². The van der Waals surface area contributed by atoms with Gasteiger partial charge in [0.15, 0.2) is 5.65 Å². The van der Waals surface area contributed by atoms with Crippen molar-refractivity contribution < 1.29 is 9.53 Å². The molecule has 8 heteroatoms. The maximum Gasteiger partial charge on any atom is 0.277 e. The zero-order valence-electron chi connectivity index (χ0n) is 13.5. The smallest absolute Gasteiger partial charge is 0.277 e. The van der Waals surface area contributed by atoms with Crippen LogP contribution in [0.2, 0.25) is 5.02 Å². The number of ether oxygens (including phenoxy) is 1. The van der Waals surface area contributed by atoms with E-state index in [-0.39, 0.29) is 18.0 Å². The first-order chi connectivity index (χ1) is 12.1. The molecule has 25 heavy (non-hydrogen) atoms. The van der Waals surface area contributed by atoms with Crippen LogP contribution in [0.1, 0.15) is 21.6 Å². The van der Waals surface area contributed by atoms with Gasteiger partial charge in [0.05, 0.1) is 30.5 Å². The molecule has 3 aromatic rings. The lowest BCUT2D eigenvalue weighted by molar-refractivity contribution is 0.0729. The Morgan fingerprint density at radius 3 is 3.00 bits per heavy atom. The van der Waals surface area contributed by atoms with E-state index in [1.807, 2.05) is 0 Å². The van der Waals surface area contributed by atoms with E-state index >= 15 is 0 Å². The van der Waals surface area contributed by atoms with Gasteiger partial charge in [-0.2, -0.15) is 0 Å². The molecule has 0 spiro atoms. The molecule has 7 nitrogen and oxygen atoms in total. The number of carbonyl (C=O) groups is 1. The number of hydrogen-bond acceptors (Lipinski definition) is 4. The molecule has 0 fully saturated rings. The Labute approximate surface area is 147 Å². The average molecular weight is 359 g/mol. The molecule has 1 aliphatic heterocycles. The van der Waals surface area contributed by atoms with Gasteiger partial charge in [-0.3, -0.25) is 14.7 Å². The van der Waals surface area contributed by atoms with Gasteiger partial charge in [-0.15, -0.1) is 0 Å². The fourth-order valence-corrected chi connectivity index (χ4v) is 3.27. The number of nitrogens with zero attached hydrogens (tertiary/aromatic N) is 3. The van der Waals surface area contributed by atoms with Crippen LogP contribution in [-0.4, -0.2) is 39.1 Å². The number of aromatic nitrogens is 3. The van der Waals surface area contributed by atoms with E-state index in [9.17, 15) is 9.59 Å². The van der Waals surface area contributed by atoms with Gasteiger partial charge < -0.3 is 9.64 Å². The van der Waals surface area contributed by atoms with E-state index in [1.165, 1.54) is 11.6 Å². The third kappa shape index (κ3) is 2.56. The summed E-state index contributed by atoms with van der Waals surface area (Å²) in [4.78, 5) is 31.6. The molecule has 3 heterocycles. The molecular weight excluding hydrogens is 344 g/mol. The van der Waals surface area contributed by atoms with Gasteiger partial charge in [0.1, 0.15) is 5.75 Å². The van der Waals surface area contributed by atoms with Gasteiger partial charge in [0, 0.05) is 30.3 Å². The van der Waals surface area contributed by atoms with E-state index < -0.39 is 0 Å². The van der Waals surface area contributed by atoms with Crippen LogP contribution in [-0.2, 0) is 13.0 Å². The lowest BCUT2D eigenvalue weighted by atomic mass is 10.1. The summed E-state index contributed by atoms with van der Waals surface area (Å²) >= 11 is 5.96. The highest BCUT2D eigenvalue weighted by Crippen LogP contribution is 2.26. The summed E-state index contributed by atoms with van der Waals surface area (Å²) in [5.74, 6) is 0.216. The molecular formula is C17H15ClN4O3. The van der Waals surface area contributed by atoms with Gasteiger partial charge in [0.25, 0.3) is 11.5 Å². The fraction of sp³-hybridized carbons (Fsp3) is 0.235. The summed E-state index contributed by atoms with van der Waals surface area (Å²) < 4.78 is 6.65. The number of amides is 1. The Morgan fingerprint density at radius 1 is 1.36 bits per heavy atom. The van der Waals surface area contributed by atoms with E-state index in [2.05, 4.69) is 10.1 Å². The van der Waals surface area contributed by atoms with Crippen LogP contribution in [0.25, 0.3) is 5.65 Å². The van der Waals surface area contributed by atoms with Crippen molar-refractivity contribution in [2.75, 3.05) is 13.7 Å². The molecule has 1 amide bonds. The minimum Gasteiger partial charge on any atom is -0.496 e. The van der Waals surface area contributed by atoms with Gasteiger partial charge in [0.2, 0.25) is 0 Å². The first-order valence-corrected chi connectivity index (χ1v) is 8.17. The summed E-state index contributed by atoms with van der Waals surface area (Å²) in [7, 11) is 1.49. The number of fused-ring (bicyclic) bond motifs is 2. The topological polar surface area (TPSA) is 79.7 Å². The minimum absolute atomic E-state index is 0.175. The number of carbonyl (C=O) groups excluding carboxylic acids is 1. The second-order valence-corrected chi connectivity index (χ2v) is 6.26. The maximum absolute atomic E-state index is 12.9. The van der Waals surface area contributed by atoms with Crippen molar-refractivity contribution in [2.24, 2.45) is 0 Å². The fourth-order valence-electron chi connectivity index (χ4n) is 3.10. The monoisotopic (exact) mass is 358 g/mol. The van der Waals surface area contributed by atoms with Gasteiger partial charge >= 0.3 is 0 Å². The second kappa shape index (κ2) is 5.93. The molecule has 0 bridgehead atoms. The first kappa shape index (κ1) is 15.7. The van der Waals surface area contributed by atoms with Crippen molar-refractivity contribution in [2.45, 2.75) is 13.0 Å². The highest BCUT2D eigenvalue weighted by molar-refractivity contribution is 6.30. The van der Waals surface area contributed by atoms with Crippen LogP contribution in [0.4, 0.5) is 0 Å². The van der Waals surface area contributed by atoms with E-state index in [4.69, 9.17) is 16.3 Å². The minimum atomic E-state index is -0.199. The van der Waals surface area contributed by atoms with E-state index in [0.29, 0.717) is 40.5 Å². The zero-order valence-corrected chi connectivity index (χ0v) is 14.2. The quantitative estimate of drug-likeness (QED) is 0.758. The summed E-state index contributed by atoms with van der Waals surface area (Å²) in [6, 6.07) is 6.63. The molecule has 0 radical (unpaired) electrons. The Bertz CT molecular complexity index is 1040. The number of benzene rings is 1. The highest BCUT2D eigenvalue weighted by atomic mass is 35.5. The third-order valence-corrected chi connectivity index (χ3v) is 4.61. The SMILES string of the molecule is COc1cc(Cl)ccc1C(=O)N1CCc2nc3cc[nH]n3c(=O)c2C1. The number of hydrogen-bond donors (Lipinski definition) is 1. The van der Waals surface area contributed by atoms with Crippen LogP contribution >= 0.6 is 11.6 Å². The first-order valence-electron chi connectivity index (χ1n) is 7.79. The lowest BCUT2D eigenvalue weighted by Gasteiger charge is -2.28. The summed E-state index contributed by atoms with van der Waals surface area (Å²) in [5.41, 5.74) is 2.11. The standard InChI is InChI=1S/C17H15ClN4O3/c1-25-14-8-10(18)2-3-11(14)16(23)21-7-5-13-12(9-21)17(24)22-15(20-13)4-6-19-22/h2-4,6,8,19H,5,7,9H2,1H3. The van der Waals surface area contributed by atoms with Crippen LogP contribution in [0.5, 0.6) is 5.75 Å². The number of nitrogens with one attached hydrogen (secondary N) is 1. The lowest BCUT2D eigenvalue weighted by Crippen LogP contribution is -2.40. The number of rotatable bonds is 2. The maximum atomic E-state index is 12.9. The normalized spacial score (nSPS) is 13.8. The average Bonchev–Trinajstić information content (AvgIpc) is 3.09. The Morgan fingerprint density at radius 2 is 2.20 bits per heavy atom. The molecule has 0 aliphatic carbocycles. The Hall–Kier alpha value is -2.80. The van der Waals surface area contributed by atoms with E-state index in [1.54, 1.807) is 35.4 Å². The molecule has 0 saturated heterocycles. The molecule has 2 aromatic heterocycles. The molecule has 1 aromatic carbocycles. The predicted octanol–water partition coefficient (Wildman–Crippen LogP) is 1.88. The van der Waals surface area contributed by atoms with Crippen molar-refractivity contribution in [3.05, 3.63) is 62.7 Å². The van der Waals surface area contributed by atoms with Crippen LogP contribution < -0.4 is 10.3 Å². The largest absolute Gasteiger partial charge is 0.496 e. The molecule has 1 aliphatic rings. The number of aromatic amines is 1. The number of H-pyrrole nitrogens is 1. The molecule has 128 valence electrons. The van der Waals surface area contributed by atoms with Crippen molar-refractivity contribution in [3.8, 4) is 5.75 Å². The second-order valence-electron chi connectivity index (χ2n) is 5.82. The molecule has 0 unspecified atom stereocenters. The highest BCUT2D eigenvalue weighted by Gasteiger charge is 2.27.